The molecule has 1 N–H and O–H groups in total. The first kappa shape index (κ1) is 14.5. The first-order valence-corrected chi connectivity index (χ1v) is 6.43. The lowest BCUT2D eigenvalue weighted by molar-refractivity contribution is 0.139. The zero-order chi connectivity index (χ0) is 13.1. The van der Waals surface area contributed by atoms with Crippen molar-refractivity contribution in [3.05, 3.63) is 34.9 Å². The zero-order valence-corrected chi connectivity index (χ0v) is 12.2. The molecule has 3 heteroatoms. The van der Waals surface area contributed by atoms with Gasteiger partial charge in [-0.1, -0.05) is 30.7 Å². The van der Waals surface area contributed by atoms with Crippen molar-refractivity contribution in [2.24, 2.45) is 0 Å². The van der Waals surface area contributed by atoms with Gasteiger partial charge in [0.05, 0.1) is 6.04 Å². The molecule has 96 valence electrons. The summed E-state index contributed by atoms with van der Waals surface area (Å²) in [6.07, 6.45) is 0. The number of benzene rings is 1. The molecule has 1 aromatic rings. The lowest BCUT2D eigenvalue weighted by Gasteiger charge is -2.41. The fourth-order valence-electron chi connectivity index (χ4n) is 1.92. The van der Waals surface area contributed by atoms with E-state index in [0.717, 1.165) is 11.6 Å². The minimum Gasteiger partial charge on any atom is -0.309 e. The van der Waals surface area contributed by atoms with Crippen LogP contribution >= 0.6 is 11.6 Å². The lowest BCUT2D eigenvalue weighted by Crippen LogP contribution is -2.49. The number of hydrogen-bond donors (Lipinski definition) is 1. The molecule has 17 heavy (non-hydrogen) atoms. The van der Waals surface area contributed by atoms with Crippen molar-refractivity contribution in [1.82, 2.24) is 10.2 Å². The summed E-state index contributed by atoms with van der Waals surface area (Å²) < 4.78 is 0. The van der Waals surface area contributed by atoms with Crippen molar-refractivity contribution in [2.45, 2.75) is 32.4 Å². The van der Waals surface area contributed by atoms with Gasteiger partial charge in [-0.3, -0.25) is 0 Å². The maximum Gasteiger partial charge on any atom is 0.0502 e. The molecule has 0 aliphatic carbocycles. The molecule has 0 amide bonds. The number of nitrogens with one attached hydrogen (secondary N) is 1. The average Bonchev–Trinajstić information content (AvgIpc) is 2.25. The summed E-state index contributed by atoms with van der Waals surface area (Å²) in [6, 6.07) is 8.36. The van der Waals surface area contributed by atoms with Crippen molar-refractivity contribution in [1.29, 1.82) is 0 Å². The highest BCUT2D eigenvalue weighted by Gasteiger charge is 2.32. The minimum atomic E-state index is 0.0285. The molecule has 1 aromatic carbocycles. The van der Waals surface area contributed by atoms with Crippen LogP contribution in [0.15, 0.2) is 24.3 Å². The maximum atomic E-state index is 6.08. The van der Waals surface area contributed by atoms with E-state index in [1.807, 2.05) is 18.2 Å². The van der Waals surface area contributed by atoms with Gasteiger partial charge < -0.3 is 10.2 Å². The van der Waals surface area contributed by atoms with E-state index in [1.54, 1.807) is 0 Å². The minimum absolute atomic E-state index is 0.0285. The van der Waals surface area contributed by atoms with Crippen LogP contribution in [0.3, 0.4) is 0 Å². The molecular weight excluding hydrogens is 232 g/mol. The molecule has 0 saturated carbocycles. The number of hydrogen-bond acceptors (Lipinski definition) is 2. The van der Waals surface area contributed by atoms with E-state index in [0.29, 0.717) is 0 Å². The number of rotatable bonds is 5. The number of halogens is 1. The van der Waals surface area contributed by atoms with E-state index in [2.05, 4.69) is 51.1 Å². The van der Waals surface area contributed by atoms with Gasteiger partial charge in [0.15, 0.2) is 0 Å². The summed E-state index contributed by atoms with van der Waals surface area (Å²) in [5.41, 5.74) is 1.26. The molecule has 2 nitrogen and oxygen atoms in total. The van der Waals surface area contributed by atoms with Gasteiger partial charge in [0.25, 0.3) is 0 Å². The van der Waals surface area contributed by atoms with E-state index in [4.69, 9.17) is 11.6 Å². The van der Waals surface area contributed by atoms with Crippen LogP contribution in [0.1, 0.15) is 32.4 Å². The van der Waals surface area contributed by atoms with Gasteiger partial charge in [0.2, 0.25) is 0 Å². The van der Waals surface area contributed by atoms with Gasteiger partial charge in [0.1, 0.15) is 0 Å². The van der Waals surface area contributed by atoms with Gasteiger partial charge in [-0.15, -0.1) is 0 Å². The molecule has 0 aromatic heterocycles. The lowest BCUT2D eigenvalue weighted by atomic mass is 9.87. The summed E-state index contributed by atoms with van der Waals surface area (Å²) >= 11 is 6.08. The van der Waals surface area contributed by atoms with Crippen molar-refractivity contribution in [3.8, 4) is 0 Å². The van der Waals surface area contributed by atoms with E-state index in [1.165, 1.54) is 5.56 Å². The Hall–Kier alpha value is -0.570. The molecule has 1 unspecified atom stereocenters. The third-order valence-electron chi connectivity index (χ3n) is 3.45. The third-order valence-corrected chi connectivity index (χ3v) is 3.68. The van der Waals surface area contributed by atoms with E-state index >= 15 is 0 Å². The monoisotopic (exact) mass is 254 g/mol. The smallest absolute Gasteiger partial charge is 0.0502 e. The molecule has 0 bridgehead atoms. The third kappa shape index (κ3) is 3.44. The van der Waals surface area contributed by atoms with Crippen LogP contribution in [0.25, 0.3) is 0 Å². The van der Waals surface area contributed by atoms with Gasteiger partial charge in [0, 0.05) is 10.6 Å². The predicted molar refractivity (Wildman–Crippen MR) is 75.6 cm³/mol. The van der Waals surface area contributed by atoms with Crippen molar-refractivity contribution in [3.63, 3.8) is 0 Å². The Morgan fingerprint density at radius 2 is 2.00 bits per heavy atom. The van der Waals surface area contributed by atoms with Crippen LogP contribution in [0, 0.1) is 0 Å². The topological polar surface area (TPSA) is 15.3 Å². The van der Waals surface area contributed by atoms with Crippen molar-refractivity contribution in [2.75, 3.05) is 20.6 Å². The Kier molecular flexibility index (Phi) is 4.99. The largest absolute Gasteiger partial charge is 0.309 e. The van der Waals surface area contributed by atoms with Gasteiger partial charge in [-0.05, 0) is 52.2 Å². The van der Waals surface area contributed by atoms with Gasteiger partial charge in [-0.2, -0.15) is 0 Å². The summed E-state index contributed by atoms with van der Waals surface area (Å²) in [6.45, 7) is 7.54. The number of likely N-dealkylation sites (N-methyl/N-ethyl adjacent to an activating group) is 2. The molecule has 0 aliphatic rings. The maximum absolute atomic E-state index is 6.08. The number of nitrogens with zero attached hydrogens (tertiary/aromatic N) is 1. The van der Waals surface area contributed by atoms with Crippen molar-refractivity contribution < 1.29 is 0 Å². The van der Waals surface area contributed by atoms with Crippen LogP contribution in [0.4, 0.5) is 0 Å². The van der Waals surface area contributed by atoms with Crippen LogP contribution < -0.4 is 5.32 Å². The molecule has 0 radical (unpaired) electrons. The Balaban J connectivity index is 3.09. The van der Waals surface area contributed by atoms with Gasteiger partial charge >= 0.3 is 0 Å². The average molecular weight is 255 g/mol. The fraction of sp³-hybridized carbons (Fsp3) is 0.571. The summed E-state index contributed by atoms with van der Waals surface area (Å²) in [7, 11) is 4.21. The summed E-state index contributed by atoms with van der Waals surface area (Å²) in [5, 5.41) is 4.34. The predicted octanol–water partition coefficient (Wildman–Crippen LogP) is 3.33. The highest BCUT2D eigenvalue weighted by atomic mass is 35.5. The molecular formula is C14H23ClN2. The first-order chi connectivity index (χ1) is 7.89. The summed E-state index contributed by atoms with van der Waals surface area (Å²) in [5.74, 6) is 0. The molecule has 1 atom stereocenters. The highest BCUT2D eigenvalue weighted by molar-refractivity contribution is 6.30. The normalized spacial score (nSPS) is 14.1. The van der Waals surface area contributed by atoms with Gasteiger partial charge in [-0.25, -0.2) is 0 Å². The van der Waals surface area contributed by atoms with E-state index in [-0.39, 0.29) is 11.6 Å². The first-order valence-electron chi connectivity index (χ1n) is 6.06. The second-order valence-corrected chi connectivity index (χ2v) is 5.53. The molecule has 0 aliphatic heterocycles. The second-order valence-electron chi connectivity index (χ2n) is 5.09. The Labute approximate surface area is 110 Å². The molecule has 0 fully saturated rings. The standard InChI is InChI=1S/C14H23ClN2/c1-6-16-13(14(2,3)17(4)5)11-8-7-9-12(15)10-11/h7-10,13,16H,6H2,1-5H3. The molecule has 0 heterocycles. The quantitative estimate of drug-likeness (QED) is 0.867. The Bertz CT molecular complexity index is 361. The van der Waals surface area contributed by atoms with E-state index < -0.39 is 0 Å². The SMILES string of the molecule is CCNC(c1cccc(Cl)c1)C(C)(C)N(C)C. The highest BCUT2D eigenvalue weighted by Crippen LogP contribution is 2.30. The Morgan fingerprint density at radius 1 is 1.35 bits per heavy atom. The van der Waals surface area contributed by atoms with Crippen LogP contribution in [-0.2, 0) is 0 Å². The molecule has 0 spiro atoms. The van der Waals surface area contributed by atoms with Crippen molar-refractivity contribution >= 4 is 11.6 Å². The zero-order valence-electron chi connectivity index (χ0n) is 11.4. The fourth-order valence-corrected chi connectivity index (χ4v) is 2.12. The van der Waals surface area contributed by atoms with Crippen LogP contribution in [-0.4, -0.2) is 31.1 Å². The van der Waals surface area contributed by atoms with Crippen LogP contribution in [0.2, 0.25) is 5.02 Å². The molecule has 1 rings (SSSR count). The summed E-state index contributed by atoms with van der Waals surface area (Å²) in [4.78, 5) is 2.24. The Morgan fingerprint density at radius 3 is 2.47 bits per heavy atom. The van der Waals surface area contributed by atoms with E-state index in [9.17, 15) is 0 Å². The van der Waals surface area contributed by atoms with Crippen LogP contribution in [0.5, 0.6) is 0 Å². The molecule has 0 saturated heterocycles. The second kappa shape index (κ2) is 5.85.